The Morgan fingerprint density at radius 1 is 1.43 bits per heavy atom. The third-order valence-electron chi connectivity index (χ3n) is 2.96. The molecule has 0 saturated heterocycles. The second-order valence-electron chi connectivity index (χ2n) is 4.52. The molecule has 2 heterocycles. The van der Waals surface area contributed by atoms with Crippen LogP contribution in [-0.4, -0.2) is 44.3 Å². The molecule has 0 fully saturated rings. The number of aromatic nitrogens is 4. The molecule has 2 aromatic rings. The average Bonchev–Trinajstić information content (AvgIpc) is 2.92. The number of rotatable bonds is 8. The van der Waals surface area contributed by atoms with Gasteiger partial charge in [0.05, 0.1) is 13.2 Å². The number of aromatic carboxylic acids is 1. The molecule has 0 saturated carbocycles. The summed E-state index contributed by atoms with van der Waals surface area (Å²) in [6, 6.07) is 3.53. The first-order valence-corrected chi connectivity index (χ1v) is 6.89. The van der Waals surface area contributed by atoms with E-state index < -0.39 is 5.97 Å². The Balaban J connectivity index is 2.16. The number of hydrogen-bond acceptors (Lipinski definition) is 5. The lowest BCUT2D eigenvalue weighted by atomic mass is 10.1. The number of hydrogen-bond donors (Lipinski definition) is 1. The van der Waals surface area contributed by atoms with Crippen molar-refractivity contribution in [2.45, 2.75) is 26.3 Å². The molecule has 0 amide bonds. The summed E-state index contributed by atoms with van der Waals surface area (Å²) in [5, 5.41) is 16.9. The zero-order chi connectivity index (χ0) is 15.1. The normalized spacial score (nSPS) is 10.7. The number of unbranched alkanes of at least 4 members (excludes halogenated alkanes) is 1. The van der Waals surface area contributed by atoms with E-state index in [-0.39, 0.29) is 5.69 Å². The Morgan fingerprint density at radius 2 is 2.29 bits per heavy atom. The number of ether oxygens (including phenoxy) is 1. The maximum Gasteiger partial charge on any atom is 0.358 e. The molecular formula is C14H18N4O3. The molecule has 21 heavy (non-hydrogen) atoms. The molecule has 0 bridgehead atoms. The van der Waals surface area contributed by atoms with Crippen LogP contribution in [-0.2, 0) is 11.3 Å². The van der Waals surface area contributed by atoms with E-state index in [1.54, 1.807) is 29.2 Å². The van der Waals surface area contributed by atoms with E-state index >= 15 is 0 Å². The van der Waals surface area contributed by atoms with E-state index in [0.717, 1.165) is 12.8 Å². The van der Waals surface area contributed by atoms with Crippen molar-refractivity contribution in [3.05, 3.63) is 30.2 Å². The molecule has 112 valence electrons. The monoisotopic (exact) mass is 290 g/mol. The summed E-state index contributed by atoms with van der Waals surface area (Å²) in [6.45, 7) is 3.71. The molecule has 2 rings (SSSR count). The van der Waals surface area contributed by atoms with Crippen molar-refractivity contribution in [1.82, 2.24) is 20.0 Å². The molecule has 0 spiro atoms. The number of carboxylic acid groups (broad SMARTS) is 1. The molecule has 0 aliphatic carbocycles. The highest BCUT2D eigenvalue weighted by molar-refractivity contribution is 5.92. The van der Waals surface area contributed by atoms with Crippen molar-refractivity contribution in [2.24, 2.45) is 0 Å². The number of nitrogens with zero attached hydrogens (tertiary/aromatic N) is 4. The lowest BCUT2D eigenvalue weighted by Gasteiger charge is -2.07. The van der Waals surface area contributed by atoms with E-state index in [1.165, 1.54) is 0 Å². The molecule has 2 aromatic heterocycles. The van der Waals surface area contributed by atoms with Gasteiger partial charge in [0.25, 0.3) is 0 Å². The second kappa shape index (κ2) is 7.49. The van der Waals surface area contributed by atoms with Gasteiger partial charge in [-0.05, 0) is 18.6 Å². The topological polar surface area (TPSA) is 90.1 Å². The van der Waals surface area contributed by atoms with Gasteiger partial charge in [-0.2, -0.15) is 0 Å². The third-order valence-corrected chi connectivity index (χ3v) is 2.96. The van der Waals surface area contributed by atoms with Crippen molar-refractivity contribution < 1.29 is 14.6 Å². The minimum atomic E-state index is -1.10. The Hall–Kier alpha value is -2.28. The Morgan fingerprint density at radius 3 is 2.95 bits per heavy atom. The smallest absolute Gasteiger partial charge is 0.358 e. The number of carboxylic acids is 1. The van der Waals surface area contributed by atoms with E-state index in [1.807, 2.05) is 0 Å². The largest absolute Gasteiger partial charge is 0.476 e. The van der Waals surface area contributed by atoms with Gasteiger partial charge >= 0.3 is 5.97 Å². The van der Waals surface area contributed by atoms with Crippen LogP contribution in [0.5, 0.6) is 0 Å². The SMILES string of the molecule is CCCCOCCn1nnc(C(=O)O)c1-c1cccnc1. The third kappa shape index (κ3) is 3.85. The predicted octanol–water partition coefficient (Wildman–Crippen LogP) is 1.85. The molecule has 1 N–H and O–H groups in total. The summed E-state index contributed by atoms with van der Waals surface area (Å²) >= 11 is 0. The lowest BCUT2D eigenvalue weighted by molar-refractivity contribution is 0.0691. The van der Waals surface area contributed by atoms with Crippen LogP contribution in [0.4, 0.5) is 0 Å². The zero-order valence-electron chi connectivity index (χ0n) is 11.9. The maximum absolute atomic E-state index is 11.3. The van der Waals surface area contributed by atoms with Crippen molar-refractivity contribution in [1.29, 1.82) is 0 Å². The summed E-state index contributed by atoms with van der Waals surface area (Å²) < 4.78 is 7.03. The van der Waals surface area contributed by atoms with E-state index in [4.69, 9.17) is 4.74 Å². The molecule has 0 aliphatic heterocycles. The fourth-order valence-corrected chi connectivity index (χ4v) is 1.90. The maximum atomic E-state index is 11.3. The summed E-state index contributed by atoms with van der Waals surface area (Å²) in [6.07, 6.45) is 5.31. The van der Waals surface area contributed by atoms with Gasteiger partial charge in [0, 0.05) is 24.6 Å². The highest BCUT2D eigenvalue weighted by atomic mass is 16.5. The molecular weight excluding hydrogens is 272 g/mol. The van der Waals surface area contributed by atoms with Gasteiger partial charge in [-0.15, -0.1) is 5.10 Å². The average molecular weight is 290 g/mol. The van der Waals surface area contributed by atoms with Gasteiger partial charge < -0.3 is 9.84 Å². The van der Waals surface area contributed by atoms with Crippen molar-refractivity contribution in [3.8, 4) is 11.3 Å². The van der Waals surface area contributed by atoms with E-state index in [0.29, 0.717) is 31.0 Å². The van der Waals surface area contributed by atoms with Gasteiger partial charge in [-0.1, -0.05) is 18.6 Å². The second-order valence-corrected chi connectivity index (χ2v) is 4.52. The fourth-order valence-electron chi connectivity index (χ4n) is 1.90. The quantitative estimate of drug-likeness (QED) is 0.746. The Kier molecular flexibility index (Phi) is 5.39. The van der Waals surface area contributed by atoms with Crippen molar-refractivity contribution in [3.63, 3.8) is 0 Å². The van der Waals surface area contributed by atoms with Gasteiger partial charge in [-0.3, -0.25) is 4.98 Å². The summed E-state index contributed by atoms with van der Waals surface area (Å²) in [5.74, 6) is -1.10. The Labute approximate surface area is 122 Å². The molecule has 0 radical (unpaired) electrons. The summed E-state index contributed by atoms with van der Waals surface area (Å²) in [5.41, 5.74) is 1.06. The first-order chi connectivity index (χ1) is 10.2. The van der Waals surface area contributed by atoms with Crippen LogP contribution in [0, 0.1) is 0 Å². The minimum absolute atomic E-state index is 0.0726. The molecule has 0 aromatic carbocycles. The number of pyridine rings is 1. The van der Waals surface area contributed by atoms with E-state index in [9.17, 15) is 9.90 Å². The van der Waals surface area contributed by atoms with Crippen molar-refractivity contribution in [2.75, 3.05) is 13.2 Å². The van der Waals surface area contributed by atoms with Crippen LogP contribution >= 0.6 is 0 Å². The Bertz CT molecular complexity index is 583. The van der Waals surface area contributed by atoms with Crippen LogP contribution in [0.1, 0.15) is 30.3 Å². The van der Waals surface area contributed by atoms with E-state index in [2.05, 4.69) is 22.2 Å². The van der Waals surface area contributed by atoms with Gasteiger partial charge in [-0.25, -0.2) is 9.48 Å². The highest BCUT2D eigenvalue weighted by Crippen LogP contribution is 2.21. The van der Waals surface area contributed by atoms with Gasteiger partial charge in [0.15, 0.2) is 5.69 Å². The van der Waals surface area contributed by atoms with Gasteiger partial charge in [0.1, 0.15) is 5.69 Å². The summed E-state index contributed by atoms with van der Waals surface area (Å²) in [4.78, 5) is 15.3. The minimum Gasteiger partial charge on any atom is -0.476 e. The van der Waals surface area contributed by atoms with Crippen LogP contribution in [0.3, 0.4) is 0 Å². The van der Waals surface area contributed by atoms with Gasteiger partial charge in [0.2, 0.25) is 0 Å². The predicted molar refractivity (Wildman–Crippen MR) is 75.9 cm³/mol. The van der Waals surface area contributed by atoms with Crippen LogP contribution in [0.2, 0.25) is 0 Å². The van der Waals surface area contributed by atoms with Crippen molar-refractivity contribution >= 4 is 5.97 Å². The summed E-state index contributed by atoms with van der Waals surface area (Å²) in [7, 11) is 0. The van der Waals surface area contributed by atoms with Crippen LogP contribution in [0.15, 0.2) is 24.5 Å². The molecule has 7 heteroatoms. The molecule has 0 unspecified atom stereocenters. The molecule has 7 nitrogen and oxygen atoms in total. The molecule has 0 atom stereocenters. The lowest BCUT2D eigenvalue weighted by Crippen LogP contribution is -2.10. The first-order valence-electron chi connectivity index (χ1n) is 6.89. The highest BCUT2D eigenvalue weighted by Gasteiger charge is 2.20. The first kappa shape index (κ1) is 15.1. The fraction of sp³-hybridized carbons (Fsp3) is 0.429. The standard InChI is InChI=1S/C14H18N4O3/c1-2-3-8-21-9-7-18-13(11-5-4-6-15-10-11)12(14(19)20)16-17-18/h4-6,10H,2-3,7-9H2,1H3,(H,19,20). The zero-order valence-corrected chi connectivity index (χ0v) is 11.9. The molecule has 0 aliphatic rings. The number of carbonyl (C=O) groups is 1. The van der Waals surface area contributed by atoms with Crippen LogP contribution in [0.25, 0.3) is 11.3 Å². The van der Waals surface area contributed by atoms with Crippen LogP contribution < -0.4 is 0 Å².